The molecular weight excluding hydrogens is 376 g/mol. The van der Waals surface area contributed by atoms with Gasteiger partial charge in [0.25, 0.3) is 5.91 Å². The maximum atomic E-state index is 13.0. The van der Waals surface area contributed by atoms with Gasteiger partial charge in [-0.15, -0.1) is 0 Å². The van der Waals surface area contributed by atoms with Gasteiger partial charge < -0.3 is 9.64 Å². The van der Waals surface area contributed by atoms with Crippen LogP contribution in [0.15, 0.2) is 34.9 Å². The van der Waals surface area contributed by atoms with E-state index in [-0.39, 0.29) is 5.91 Å². The lowest BCUT2D eigenvalue weighted by molar-refractivity contribution is -0.122. The lowest BCUT2D eigenvalue weighted by atomic mass is 9.91. The van der Waals surface area contributed by atoms with E-state index in [1.54, 1.807) is 12.0 Å². The molecule has 0 spiro atoms. The fourth-order valence-corrected chi connectivity index (χ4v) is 5.56. The van der Waals surface area contributed by atoms with Crippen molar-refractivity contribution in [3.63, 3.8) is 0 Å². The maximum Gasteiger partial charge on any atom is 0.268 e. The van der Waals surface area contributed by atoms with Crippen molar-refractivity contribution in [2.45, 2.75) is 45.1 Å². The number of carbonyl (C=O) groups is 1. The second-order valence-corrected chi connectivity index (χ2v) is 8.70. The maximum absolute atomic E-state index is 13.0. The van der Waals surface area contributed by atoms with Crippen molar-refractivity contribution in [3.8, 4) is 5.75 Å². The standard InChI is InChI=1S/C21H24N2O2S2/c1-3-22-20(24)19(27-21(22)26)18-11-9-14-13-16(25-2)10-12-17(14)23(18)15-7-5-4-6-8-15/h9-13,15H,3-8H2,1-2H3/b19-18+. The van der Waals surface area contributed by atoms with Crippen LogP contribution in [0.4, 0.5) is 5.69 Å². The molecule has 4 rings (SSSR count). The first-order valence-corrected chi connectivity index (χ1v) is 10.8. The van der Waals surface area contributed by atoms with Gasteiger partial charge in [0.1, 0.15) is 15.0 Å². The van der Waals surface area contributed by atoms with Crippen molar-refractivity contribution < 1.29 is 9.53 Å². The molecule has 0 radical (unpaired) electrons. The summed E-state index contributed by atoms with van der Waals surface area (Å²) in [6, 6.07) is 6.60. The number of carbonyl (C=O) groups excluding carboxylic acids is 1. The number of nitrogens with zero attached hydrogens (tertiary/aromatic N) is 2. The predicted octanol–water partition coefficient (Wildman–Crippen LogP) is 4.95. The van der Waals surface area contributed by atoms with E-state index in [9.17, 15) is 4.79 Å². The largest absolute Gasteiger partial charge is 0.497 e. The van der Waals surface area contributed by atoms with E-state index in [0.717, 1.165) is 40.4 Å². The molecule has 1 saturated carbocycles. The minimum Gasteiger partial charge on any atom is -0.497 e. The Labute approximate surface area is 170 Å². The first kappa shape index (κ1) is 18.6. The van der Waals surface area contributed by atoms with Gasteiger partial charge in [0.2, 0.25) is 0 Å². The van der Waals surface area contributed by atoms with Gasteiger partial charge in [-0.05, 0) is 44.0 Å². The quantitative estimate of drug-likeness (QED) is 0.529. The van der Waals surface area contributed by atoms with Crippen LogP contribution in [0.1, 0.15) is 44.6 Å². The summed E-state index contributed by atoms with van der Waals surface area (Å²) in [6.07, 6.45) is 10.2. The predicted molar refractivity (Wildman–Crippen MR) is 116 cm³/mol. The van der Waals surface area contributed by atoms with E-state index in [4.69, 9.17) is 17.0 Å². The van der Waals surface area contributed by atoms with Gasteiger partial charge in [-0.25, -0.2) is 0 Å². The molecule has 1 aliphatic carbocycles. The highest BCUT2D eigenvalue weighted by Crippen LogP contribution is 2.43. The zero-order valence-electron chi connectivity index (χ0n) is 15.7. The molecule has 1 aromatic rings. The molecule has 0 N–H and O–H groups in total. The number of thiocarbonyl (C=S) groups is 1. The summed E-state index contributed by atoms with van der Waals surface area (Å²) in [5.41, 5.74) is 3.28. The number of hydrogen-bond donors (Lipinski definition) is 0. The molecule has 142 valence electrons. The lowest BCUT2D eigenvalue weighted by Gasteiger charge is -2.40. The number of anilines is 1. The zero-order chi connectivity index (χ0) is 19.0. The number of allylic oxidation sites excluding steroid dienone is 1. The number of thioether (sulfide) groups is 1. The number of ether oxygens (including phenoxy) is 1. The fraction of sp³-hybridized carbons (Fsp3) is 0.429. The van der Waals surface area contributed by atoms with Crippen molar-refractivity contribution in [2.75, 3.05) is 18.6 Å². The van der Waals surface area contributed by atoms with Crippen LogP contribution in [0.2, 0.25) is 0 Å². The number of benzene rings is 1. The van der Waals surface area contributed by atoms with E-state index in [2.05, 4.69) is 29.2 Å². The fourth-order valence-electron chi connectivity index (χ4n) is 4.14. The molecule has 2 aliphatic heterocycles. The number of fused-ring (bicyclic) bond motifs is 1. The SMILES string of the molecule is CCN1C(=O)/C(=C2/C=Cc3cc(OC)ccc3N2C2CCCCC2)SC1=S. The van der Waals surface area contributed by atoms with Crippen molar-refractivity contribution in [2.24, 2.45) is 0 Å². The topological polar surface area (TPSA) is 32.8 Å². The molecule has 1 aromatic carbocycles. The molecule has 1 amide bonds. The van der Waals surface area contributed by atoms with Crippen LogP contribution in [0.25, 0.3) is 6.08 Å². The molecule has 0 aromatic heterocycles. The first-order valence-electron chi connectivity index (χ1n) is 9.57. The van der Waals surface area contributed by atoms with E-state index in [1.165, 1.54) is 31.0 Å². The Bertz CT molecular complexity index is 841. The molecule has 6 heteroatoms. The van der Waals surface area contributed by atoms with Crippen molar-refractivity contribution >= 4 is 46.0 Å². The lowest BCUT2D eigenvalue weighted by Crippen LogP contribution is -2.38. The van der Waals surface area contributed by atoms with Crippen LogP contribution >= 0.6 is 24.0 Å². The Hall–Kier alpha value is -1.79. The van der Waals surface area contributed by atoms with Crippen molar-refractivity contribution in [1.82, 2.24) is 4.90 Å². The van der Waals surface area contributed by atoms with E-state index >= 15 is 0 Å². The summed E-state index contributed by atoms with van der Waals surface area (Å²) in [7, 11) is 1.69. The summed E-state index contributed by atoms with van der Waals surface area (Å²) in [6.45, 7) is 2.58. The van der Waals surface area contributed by atoms with E-state index in [0.29, 0.717) is 16.9 Å². The van der Waals surface area contributed by atoms with Gasteiger partial charge in [-0.2, -0.15) is 0 Å². The number of hydrogen-bond acceptors (Lipinski definition) is 5. The highest BCUT2D eigenvalue weighted by atomic mass is 32.2. The molecule has 0 unspecified atom stereocenters. The van der Waals surface area contributed by atoms with Gasteiger partial charge in [-0.1, -0.05) is 49.3 Å². The summed E-state index contributed by atoms with van der Waals surface area (Å²) >= 11 is 6.88. The first-order chi connectivity index (χ1) is 13.1. The average Bonchev–Trinajstić information content (AvgIpc) is 3.00. The number of methoxy groups -OCH3 is 1. The van der Waals surface area contributed by atoms with Gasteiger partial charge in [0, 0.05) is 23.8 Å². The second kappa shape index (κ2) is 7.68. The Morgan fingerprint density at radius 1 is 1.22 bits per heavy atom. The molecule has 1 saturated heterocycles. The number of rotatable bonds is 3. The Kier molecular flexibility index (Phi) is 5.28. The zero-order valence-corrected chi connectivity index (χ0v) is 17.4. The number of likely N-dealkylation sites (N-methyl/N-ethyl adjacent to an activating group) is 1. The Morgan fingerprint density at radius 3 is 2.67 bits per heavy atom. The van der Waals surface area contributed by atoms with Crippen molar-refractivity contribution in [3.05, 3.63) is 40.4 Å². The van der Waals surface area contributed by atoms with Crippen LogP contribution in [-0.2, 0) is 4.79 Å². The van der Waals surface area contributed by atoms with Crippen LogP contribution in [0, 0.1) is 0 Å². The molecular formula is C21H24N2O2S2. The van der Waals surface area contributed by atoms with Crippen LogP contribution in [0.3, 0.4) is 0 Å². The Balaban J connectivity index is 1.82. The van der Waals surface area contributed by atoms with Crippen LogP contribution < -0.4 is 9.64 Å². The molecule has 2 heterocycles. The summed E-state index contributed by atoms with van der Waals surface area (Å²) in [5, 5.41) is 0. The summed E-state index contributed by atoms with van der Waals surface area (Å²) in [5.74, 6) is 0.882. The van der Waals surface area contributed by atoms with Gasteiger partial charge >= 0.3 is 0 Å². The van der Waals surface area contributed by atoms with E-state index < -0.39 is 0 Å². The molecule has 27 heavy (non-hydrogen) atoms. The van der Waals surface area contributed by atoms with Crippen LogP contribution in [0.5, 0.6) is 5.75 Å². The summed E-state index contributed by atoms with van der Waals surface area (Å²) < 4.78 is 6.06. The van der Waals surface area contributed by atoms with Crippen LogP contribution in [-0.4, -0.2) is 34.8 Å². The highest BCUT2D eigenvalue weighted by molar-refractivity contribution is 8.26. The molecule has 0 atom stereocenters. The third-order valence-corrected chi connectivity index (χ3v) is 6.97. The molecule has 3 aliphatic rings. The molecule has 4 nitrogen and oxygen atoms in total. The third kappa shape index (κ3) is 3.29. The number of amides is 1. The molecule has 2 fully saturated rings. The minimum atomic E-state index is 0.0323. The Morgan fingerprint density at radius 2 is 2.00 bits per heavy atom. The van der Waals surface area contributed by atoms with E-state index in [1.807, 2.05) is 13.0 Å². The monoisotopic (exact) mass is 400 g/mol. The smallest absolute Gasteiger partial charge is 0.268 e. The third-order valence-electron chi connectivity index (χ3n) is 5.51. The highest BCUT2D eigenvalue weighted by Gasteiger charge is 2.37. The van der Waals surface area contributed by atoms with Crippen molar-refractivity contribution in [1.29, 1.82) is 0 Å². The van der Waals surface area contributed by atoms with Gasteiger partial charge in [0.05, 0.1) is 12.8 Å². The second-order valence-electron chi connectivity index (χ2n) is 7.05. The van der Waals surface area contributed by atoms with Gasteiger partial charge in [0.15, 0.2) is 0 Å². The van der Waals surface area contributed by atoms with Gasteiger partial charge in [-0.3, -0.25) is 9.69 Å². The average molecular weight is 401 g/mol. The molecule has 0 bridgehead atoms. The summed E-state index contributed by atoms with van der Waals surface area (Å²) in [4.78, 5) is 17.8. The normalized spacial score (nSPS) is 23.2. The minimum absolute atomic E-state index is 0.0323.